The van der Waals surface area contributed by atoms with Crippen LogP contribution in [0.15, 0.2) is 59.3 Å². The molecule has 19 heavy (non-hydrogen) atoms. The molecule has 0 aliphatic carbocycles. The predicted molar refractivity (Wildman–Crippen MR) is 70.4 cm³/mol. The number of hydrogen-bond donors (Lipinski definition) is 0. The van der Waals surface area contributed by atoms with Crippen molar-refractivity contribution in [2.45, 2.75) is 0 Å². The fourth-order valence-corrected chi connectivity index (χ4v) is 2.19. The van der Waals surface area contributed by atoms with Crippen LogP contribution in [0.4, 0.5) is 4.39 Å². The van der Waals surface area contributed by atoms with Crippen LogP contribution in [-0.4, -0.2) is 9.38 Å². The summed E-state index contributed by atoms with van der Waals surface area (Å²) >= 11 is 0. The van der Waals surface area contributed by atoms with Crippen molar-refractivity contribution >= 4 is 16.6 Å². The Balaban J connectivity index is 1.93. The fourth-order valence-electron chi connectivity index (χ4n) is 2.19. The first-order valence-electron chi connectivity index (χ1n) is 5.93. The molecular formula is C15H9FN2O. The number of imidazole rings is 1. The van der Waals surface area contributed by atoms with E-state index >= 15 is 0 Å². The van der Waals surface area contributed by atoms with E-state index in [0.717, 1.165) is 11.0 Å². The van der Waals surface area contributed by atoms with E-state index < -0.39 is 0 Å². The van der Waals surface area contributed by atoms with Gasteiger partial charge in [0, 0.05) is 17.8 Å². The van der Waals surface area contributed by atoms with Gasteiger partial charge in [0.25, 0.3) is 0 Å². The van der Waals surface area contributed by atoms with Crippen molar-refractivity contribution in [3.05, 3.63) is 60.7 Å². The normalized spacial score (nSPS) is 11.4. The van der Waals surface area contributed by atoms with Crippen LogP contribution in [0.25, 0.3) is 28.1 Å². The number of halogens is 1. The maximum atomic E-state index is 13.1. The van der Waals surface area contributed by atoms with Crippen molar-refractivity contribution in [1.82, 2.24) is 9.38 Å². The van der Waals surface area contributed by atoms with Crippen LogP contribution in [-0.2, 0) is 0 Å². The molecule has 4 heteroatoms. The summed E-state index contributed by atoms with van der Waals surface area (Å²) in [5, 5.41) is 1.03. The van der Waals surface area contributed by atoms with Gasteiger partial charge >= 0.3 is 0 Å². The van der Waals surface area contributed by atoms with Crippen molar-refractivity contribution in [3.8, 4) is 11.5 Å². The van der Waals surface area contributed by atoms with Crippen molar-refractivity contribution in [3.63, 3.8) is 0 Å². The van der Waals surface area contributed by atoms with E-state index in [9.17, 15) is 4.39 Å². The van der Waals surface area contributed by atoms with E-state index in [0.29, 0.717) is 17.1 Å². The summed E-state index contributed by atoms with van der Waals surface area (Å²) in [5.41, 5.74) is 2.21. The van der Waals surface area contributed by atoms with Crippen molar-refractivity contribution in [2.24, 2.45) is 0 Å². The molecule has 0 N–H and O–H groups in total. The minimum atomic E-state index is -0.291. The van der Waals surface area contributed by atoms with E-state index in [-0.39, 0.29) is 5.82 Å². The molecule has 92 valence electrons. The van der Waals surface area contributed by atoms with Gasteiger partial charge in [0.1, 0.15) is 22.7 Å². The molecule has 0 bridgehead atoms. The van der Waals surface area contributed by atoms with Gasteiger partial charge in [-0.05, 0) is 24.3 Å². The molecule has 0 saturated carbocycles. The van der Waals surface area contributed by atoms with Crippen LogP contribution >= 0.6 is 0 Å². The second-order valence-corrected chi connectivity index (χ2v) is 4.39. The number of aromatic nitrogens is 2. The van der Waals surface area contributed by atoms with Gasteiger partial charge in [-0.2, -0.15) is 0 Å². The number of fused-ring (bicyclic) bond motifs is 2. The Morgan fingerprint density at radius 3 is 2.84 bits per heavy atom. The number of para-hydroxylation sites is 1. The molecule has 3 nitrogen and oxygen atoms in total. The zero-order valence-corrected chi connectivity index (χ0v) is 9.88. The lowest BCUT2D eigenvalue weighted by molar-refractivity contribution is 0.619. The van der Waals surface area contributed by atoms with Crippen molar-refractivity contribution in [1.29, 1.82) is 0 Å². The van der Waals surface area contributed by atoms with E-state index in [2.05, 4.69) is 4.98 Å². The van der Waals surface area contributed by atoms with Gasteiger partial charge in [-0.15, -0.1) is 0 Å². The Labute approximate surface area is 107 Å². The first-order chi connectivity index (χ1) is 9.29. The van der Waals surface area contributed by atoms with Gasteiger partial charge in [-0.3, -0.25) is 0 Å². The number of nitrogens with zero attached hydrogens (tertiary/aromatic N) is 2. The van der Waals surface area contributed by atoms with Gasteiger partial charge in [0.15, 0.2) is 5.76 Å². The Morgan fingerprint density at radius 2 is 1.95 bits per heavy atom. The molecule has 0 atom stereocenters. The van der Waals surface area contributed by atoms with Gasteiger partial charge in [0.2, 0.25) is 0 Å². The zero-order chi connectivity index (χ0) is 12.8. The van der Waals surface area contributed by atoms with Crippen LogP contribution in [0.3, 0.4) is 0 Å². The van der Waals surface area contributed by atoms with Gasteiger partial charge in [-0.1, -0.05) is 18.2 Å². The van der Waals surface area contributed by atoms with Crippen LogP contribution in [0, 0.1) is 5.82 Å². The van der Waals surface area contributed by atoms with Gasteiger partial charge in [0.05, 0.1) is 0 Å². The third-order valence-electron chi connectivity index (χ3n) is 3.09. The number of furan rings is 1. The van der Waals surface area contributed by atoms with Crippen LogP contribution < -0.4 is 0 Å². The van der Waals surface area contributed by atoms with E-state index in [1.54, 1.807) is 16.7 Å². The van der Waals surface area contributed by atoms with E-state index in [1.165, 1.54) is 12.3 Å². The Hall–Kier alpha value is -2.62. The van der Waals surface area contributed by atoms with Gasteiger partial charge < -0.3 is 8.82 Å². The second kappa shape index (κ2) is 3.68. The number of rotatable bonds is 1. The summed E-state index contributed by atoms with van der Waals surface area (Å²) in [4.78, 5) is 4.42. The molecule has 0 aliphatic rings. The lowest BCUT2D eigenvalue weighted by atomic mass is 10.2. The molecule has 0 aliphatic heterocycles. The maximum Gasteiger partial charge on any atom is 0.155 e. The molecule has 0 amide bonds. The minimum absolute atomic E-state index is 0.291. The smallest absolute Gasteiger partial charge is 0.155 e. The molecule has 1 aromatic carbocycles. The number of pyridine rings is 1. The van der Waals surface area contributed by atoms with E-state index in [1.807, 2.05) is 30.3 Å². The Morgan fingerprint density at radius 1 is 1.05 bits per heavy atom. The first kappa shape index (κ1) is 10.3. The van der Waals surface area contributed by atoms with Crippen LogP contribution in [0.1, 0.15) is 0 Å². The minimum Gasteiger partial charge on any atom is -0.454 e. The Kier molecular flexibility index (Phi) is 2.00. The lowest BCUT2D eigenvalue weighted by Gasteiger charge is -1.90. The SMILES string of the molecule is Fc1ccc2nc(-c3cc4ccccc4o3)cn2c1. The van der Waals surface area contributed by atoms with E-state index in [4.69, 9.17) is 4.42 Å². The number of hydrogen-bond acceptors (Lipinski definition) is 2. The van der Waals surface area contributed by atoms with Crippen molar-refractivity contribution in [2.75, 3.05) is 0 Å². The number of benzene rings is 1. The molecule has 0 spiro atoms. The predicted octanol–water partition coefficient (Wildman–Crippen LogP) is 3.89. The highest BCUT2D eigenvalue weighted by Gasteiger charge is 2.10. The molecule has 0 fully saturated rings. The van der Waals surface area contributed by atoms with Crippen LogP contribution in [0.2, 0.25) is 0 Å². The Bertz CT molecular complexity index is 858. The summed E-state index contributed by atoms with van der Waals surface area (Å²) < 4.78 is 20.5. The van der Waals surface area contributed by atoms with Crippen molar-refractivity contribution < 1.29 is 8.81 Å². The lowest BCUT2D eigenvalue weighted by Crippen LogP contribution is -1.83. The first-order valence-corrected chi connectivity index (χ1v) is 5.93. The summed E-state index contributed by atoms with van der Waals surface area (Å²) in [6.45, 7) is 0. The molecule has 4 rings (SSSR count). The molecular weight excluding hydrogens is 243 g/mol. The van der Waals surface area contributed by atoms with Crippen LogP contribution in [0.5, 0.6) is 0 Å². The highest BCUT2D eigenvalue weighted by molar-refractivity contribution is 5.82. The highest BCUT2D eigenvalue weighted by atomic mass is 19.1. The third kappa shape index (κ3) is 1.61. The quantitative estimate of drug-likeness (QED) is 0.514. The second-order valence-electron chi connectivity index (χ2n) is 4.39. The zero-order valence-electron chi connectivity index (χ0n) is 9.88. The third-order valence-corrected chi connectivity index (χ3v) is 3.09. The maximum absolute atomic E-state index is 13.1. The molecule has 4 aromatic rings. The molecule has 0 radical (unpaired) electrons. The summed E-state index contributed by atoms with van der Waals surface area (Å²) in [5.74, 6) is 0.395. The molecule has 3 aromatic heterocycles. The topological polar surface area (TPSA) is 30.4 Å². The standard InChI is InChI=1S/C15H9FN2O/c16-11-5-6-15-17-12(9-18(15)8-11)14-7-10-3-1-2-4-13(10)19-14/h1-9H. The summed E-state index contributed by atoms with van der Waals surface area (Å²) in [7, 11) is 0. The van der Waals surface area contributed by atoms with Gasteiger partial charge in [-0.25, -0.2) is 9.37 Å². The highest BCUT2D eigenvalue weighted by Crippen LogP contribution is 2.27. The largest absolute Gasteiger partial charge is 0.454 e. The molecule has 0 saturated heterocycles. The monoisotopic (exact) mass is 252 g/mol. The average Bonchev–Trinajstić information content (AvgIpc) is 3.00. The molecule has 3 heterocycles. The summed E-state index contributed by atoms with van der Waals surface area (Å²) in [6, 6.07) is 12.8. The summed E-state index contributed by atoms with van der Waals surface area (Å²) in [6.07, 6.45) is 3.16. The molecule has 0 unspecified atom stereocenters. The fraction of sp³-hybridized carbons (Fsp3) is 0. The average molecular weight is 252 g/mol.